The number of fused-ring (bicyclic) bond motifs is 1. The monoisotopic (exact) mass is 414 g/mol. The van der Waals surface area contributed by atoms with Gasteiger partial charge in [0.15, 0.2) is 0 Å². The molecule has 146 valence electrons. The van der Waals surface area contributed by atoms with Crippen LogP contribution in [0.4, 0.5) is 4.79 Å². The Bertz CT molecular complexity index is 986. The van der Waals surface area contributed by atoms with Crippen LogP contribution >= 0.6 is 23.1 Å². The van der Waals surface area contributed by atoms with Crippen LogP contribution < -0.4 is 10.6 Å². The molecule has 0 spiro atoms. The predicted octanol–water partition coefficient (Wildman–Crippen LogP) is 4.38. The molecule has 2 heterocycles. The van der Waals surface area contributed by atoms with Crippen LogP contribution in [0.3, 0.4) is 0 Å². The van der Waals surface area contributed by atoms with Gasteiger partial charge >= 0.3 is 6.03 Å². The third kappa shape index (κ3) is 4.88. The second kappa shape index (κ2) is 9.16. The van der Waals surface area contributed by atoms with Gasteiger partial charge in [0.05, 0.1) is 11.1 Å². The first kappa shape index (κ1) is 20.3. The number of urea groups is 1. The molecule has 3 aromatic rings. The molecule has 28 heavy (non-hydrogen) atoms. The Kier molecular flexibility index (Phi) is 6.64. The van der Waals surface area contributed by atoms with Crippen LogP contribution in [0.15, 0.2) is 41.0 Å². The van der Waals surface area contributed by atoms with Gasteiger partial charge in [0.25, 0.3) is 0 Å². The molecule has 0 aliphatic rings. The molecule has 0 aliphatic carbocycles. The zero-order valence-electron chi connectivity index (χ0n) is 16.0. The number of thiophene rings is 1. The van der Waals surface area contributed by atoms with Crippen molar-refractivity contribution in [3.8, 4) is 11.1 Å². The van der Waals surface area contributed by atoms with Crippen molar-refractivity contribution < 1.29 is 9.59 Å². The summed E-state index contributed by atoms with van der Waals surface area (Å²) in [6.07, 6.45) is 2.31. The molecule has 8 heteroatoms. The van der Waals surface area contributed by atoms with Crippen LogP contribution in [0, 0.1) is 6.92 Å². The van der Waals surface area contributed by atoms with Crippen molar-refractivity contribution in [2.24, 2.45) is 0 Å². The third-order valence-electron chi connectivity index (χ3n) is 4.28. The number of aromatic nitrogens is 2. The number of carbonyl (C=O) groups is 2. The van der Waals surface area contributed by atoms with Crippen molar-refractivity contribution in [1.29, 1.82) is 0 Å². The summed E-state index contributed by atoms with van der Waals surface area (Å²) in [4.78, 5) is 33.5. The van der Waals surface area contributed by atoms with E-state index in [0.29, 0.717) is 0 Å². The van der Waals surface area contributed by atoms with Gasteiger partial charge in [0.1, 0.15) is 16.2 Å². The zero-order chi connectivity index (χ0) is 20.1. The van der Waals surface area contributed by atoms with Gasteiger partial charge in [-0.3, -0.25) is 10.1 Å². The third-order valence-corrected chi connectivity index (χ3v) is 6.16. The first-order valence-corrected chi connectivity index (χ1v) is 10.9. The highest BCUT2D eigenvalue weighted by Crippen LogP contribution is 2.37. The lowest BCUT2D eigenvalue weighted by Crippen LogP contribution is -2.43. The standard InChI is InChI=1S/C20H22N4O2S2/c1-4-13(3)23-20(26)24-16(25)10-28-19-17-15(9-27-18(17)21-11-22-19)14-7-5-12(2)6-8-14/h5-9,11,13H,4,10H2,1-3H3,(H2,23,24,25,26)/t13-/m0/s1. The Balaban J connectivity index is 1.75. The van der Waals surface area contributed by atoms with E-state index in [2.05, 4.69) is 57.2 Å². The molecule has 3 rings (SSSR count). The highest BCUT2D eigenvalue weighted by atomic mass is 32.2. The number of imide groups is 1. The van der Waals surface area contributed by atoms with Crippen LogP contribution in [0.25, 0.3) is 21.3 Å². The second-order valence-electron chi connectivity index (χ2n) is 6.49. The van der Waals surface area contributed by atoms with Crippen LogP contribution in [-0.2, 0) is 4.79 Å². The van der Waals surface area contributed by atoms with Gasteiger partial charge in [-0.1, -0.05) is 48.5 Å². The topological polar surface area (TPSA) is 84.0 Å². The maximum atomic E-state index is 12.1. The minimum atomic E-state index is -0.469. The van der Waals surface area contributed by atoms with Crippen molar-refractivity contribution in [3.63, 3.8) is 0 Å². The molecular formula is C20H22N4O2S2. The van der Waals surface area contributed by atoms with Gasteiger partial charge in [0, 0.05) is 17.0 Å². The average Bonchev–Trinajstić information content (AvgIpc) is 3.11. The fourth-order valence-corrected chi connectivity index (χ4v) is 4.35. The van der Waals surface area contributed by atoms with Gasteiger partial charge in [0.2, 0.25) is 5.91 Å². The highest BCUT2D eigenvalue weighted by Gasteiger charge is 2.16. The van der Waals surface area contributed by atoms with Gasteiger partial charge in [-0.15, -0.1) is 11.3 Å². The SMILES string of the molecule is CC[C@H](C)NC(=O)NC(=O)CSc1ncnc2scc(-c3ccc(C)cc3)c12. The summed E-state index contributed by atoms with van der Waals surface area (Å²) in [5, 5.41) is 8.82. The van der Waals surface area contributed by atoms with E-state index in [9.17, 15) is 9.59 Å². The van der Waals surface area contributed by atoms with Crippen LogP contribution in [-0.4, -0.2) is 33.7 Å². The maximum absolute atomic E-state index is 12.1. The molecule has 3 amide bonds. The van der Waals surface area contributed by atoms with E-state index in [1.165, 1.54) is 23.7 Å². The van der Waals surface area contributed by atoms with Crippen molar-refractivity contribution in [3.05, 3.63) is 41.5 Å². The van der Waals surface area contributed by atoms with E-state index in [1.54, 1.807) is 11.3 Å². The first-order chi connectivity index (χ1) is 13.5. The molecule has 2 N–H and O–H groups in total. The summed E-state index contributed by atoms with van der Waals surface area (Å²) >= 11 is 2.86. The quantitative estimate of drug-likeness (QED) is 0.462. The summed E-state index contributed by atoms with van der Waals surface area (Å²) in [6.45, 7) is 5.91. The van der Waals surface area contributed by atoms with Crippen molar-refractivity contribution in [2.45, 2.75) is 38.3 Å². The Hall–Kier alpha value is -2.45. The zero-order valence-corrected chi connectivity index (χ0v) is 17.6. The van der Waals surface area contributed by atoms with Crippen LogP contribution in [0.1, 0.15) is 25.8 Å². The minimum absolute atomic E-state index is 0.0183. The maximum Gasteiger partial charge on any atom is 0.321 e. The number of benzene rings is 1. The molecule has 0 fully saturated rings. The summed E-state index contributed by atoms with van der Waals surface area (Å²) in [7, 11) is 0. The molecule has 0 saturated carbocycles. The van der Waals surface area contributed by atoms with Gasteiger partial charge < -0.3 is 5.32 Å². The molecule has 0 radical (unpaired) electrons. The Labute approximate surface area is 172 Å². The summed E-state index contributed by atoms with van der Waals surface area (Å²) < 4.78 is 0. The normalized spacial score (nSPS) is 12.0. The van der Waals surface area contributed by atoms with Gasteiger partial charge in [-0.2, -0.15) is 0 Å². The number of aryl methyl sites for hydroxylation is 1. The number of carbonyl (C=O) groups excluding carboxylic acids is 2. The van der Waals surface area contributed by atoms with Gasteiger partial charge in [-0.05, 0) is 25.8 Å². The van der Waals surface area contributed by atoms with Crippen molar-refractivity contribution >= 4 is 45.3 Å². The molecule has 6 nitrogen and oxygen atoms in total. The molecule has 2 aromatic heterocycles. The number of amides is 3. The number of hydrogen-bond acceptors (Lipinski definition) is 6. The van der Waals surface area contributed by atoms with E-state index in [4.69, 9.17) is 0 Å². The largest absolute Gasteiger partial charge is 0.335 e. The summed E-state index contributed by atoms with van der Waals surface area (Å²) in [5.41, 5.74) is 3.34. The fraction of sp³-hybridized carbons (Fsp3) is 0.300. The number of thioether (sulfide) groups is 1. The van der Waals surface area contributed by atoms with E-state index in [-0.39, 0.29) is 17.7 Å². The number of rotatable bonds is 6. The van der Waals surface area contributed by atoms with E-state index in [1.807, 2.05) is 13.8 Å². The number of nitrogens with one attached hydrogen (secondary N) is 2. The molecule has 1 aromatic carbocycles. The van der Waals surface area contributed by atoms with E-state index < -0.39 is 6.03 Å². The van der Waals surface area contributed by atoms with Gasteiger partial charge in [-0.25, -0.2) is 14.8 Å². The molecule has 1 atom stereocenters. The Morgan fingerprint density at radius 1 is 1.21 bits per heavy atom. The molecule has 0 bridgehead atoms. The first-order valence-electron chi connectivity index (χ1n) is 9.00. The van der Waals surface area contributed by atoms with Crippen molar-refractivity contribution in [1.82, 2.24) is 20.6 Å². The predicted molar refractivity (Wildman–Crippen MR) is 115 cm³/mol. The second-order valence-corrected chi connectivity index (χ2v) is 8.32. The van der Waals surface area contributed by atoms with Crippen LogP contribution in [0.2, 0.25) is 0 Å². The minimum Gasteiger partial charge on any atom is -0.335 e. The molecule has 0 aliphatic heterocycles. The number of hydrogen-bond donors (Lipinski definition) is 2. The lowest BCUT2D eigenvalue weighted by molar-refractivity contribution is -0.117. The lowest BCUT2D eigenvalue weighted by atomic mass is 10.1. The van der Waals surface area contributed by atoms with E-state index in [0.717, 1.165) is 32.8 Å². The highest BCUT2D eigenvalue weighted by molar-refractivity contribution is 8.00. The Morgan fingerprint density at radius 2 is 1.96 bits per heavy atom. The molecule has 0 unspecified atom stereocenters. The molecular weight excluding hydrogens is 392 g/mol. The van der Waals surface area contributed by atoms with Crippen molar-refractivity contribution in [2.75, 3.05) is 5.75 Å². The lowest BCUT2D eigenvalue weighted by Gasteiger charge is -2.11. The van der Waals surface area contributed by atoms with E-state index >= 15 is 0 Å². The number of nitrogens with zero attached hydrogens (tertiary/aromatic N) is 2. The summed E-state index contributed by atoms with van der Waals surface area (Å²) in [5.74, 6) is -0.256. The average molecular weight is 415 g/mol. The molecule has 0 saturated heterocycles. The fourth-order valence-electron chi connectivity index (χ4n) is 2.56. The smallest absolute Gasteiger partial charge is 0.321 e. The summed E-state index contributed by atoms with van der Waals surface area (Å²) in [6, 6.07) is 7.83. The Morgan fingerprint density at radius 3 is 2.68 bits per heavy atom. The van der Waals surface area contributed by atoms with Crippen LogP contribution in [0.5, 0.6) is 0 Å².